The van der Waals surface area contributed by atoms with E-state index in [1.165, 1.54) is 12.2 Å². The van der Waals surface area contributed by atoms with Crippen molar-refractivity contribution >= 4 is 34.4 Å². The Morgan fingerprint density at radius 1 is 1.14 bits per heavy atom. The molecule has 3 rings (SSSR count). The Morgan fingerprint density at radius 3 is 2.72 bits per heavy atom. The summed E-state index contributed by atoms with van der Waals surface area (Å²) < 4.78 is 16.4. The summed E-state index contributed by atoms with van der Waals surface area (Å²) in [5.41, 5.74) is 1.75. The van der Waals surface area contributed by atoms with E-state index in [0.717, 1.165) is 16.3 Å². The number of hydrogen-bond donors (Lipinski definition) is 0. The number of hydrogen-bond acceptors (Lipinski definition) is 4. The molecule has 0 radical (unpaired) electrons. The SMILES string of the molecule is C=CCOC(=O)/C=C/c1cc(Cl)c(OCc2cccc3ccccc23)c(OC)c1. The van der Waals surface area contributed by atoms with E-state index >= 15 is 0 Å². The molecule has 4 nitrogen and oxygen atoms in total. The lowest BCUT2D eigenvalue weighted by Crippen LogP contribution is -2.00. The second-order valence-corrected chi connectivity index (χ2v) is 6.62. The van der Waals surface area contributed by atoms with Gasteiger partial charge in [-0.05, 0) is 40.1 Å². The molecule has 0 N–H and O–H groups in total. The van der Waals surface area contributed by atoms with Crippen LogP contribution in [0.4, 0.5) is 0 Å². The zero-order valence-corrected chi connectivity index (χ0v) is 16.8. The van der Waals surface area contributed by atoms with Crippen LogP contribution in [0.15, 0.2) is 73.3 Å². The summed E-state index contributed by atoms with van der Waals surface area (Å²) in [6.07, 6.45) is 4.44. The molecule has 0 aliphatic heterocycles. The highest BCUT2D eigenvalue weighted by molar-refractivity contribution is 6.32. The predicted molar refractivity (Wildman–Crippen MR) is 116 cm³/mol. The van der Waals surface area contributed by atoms with E-state index in [2.05, 4.69) is 24.8 Å². The second-order valence-electron chi connectivity index (χ2n) is 6.21. The number of rotatable bonds is 8. The topological polar surface area (TPSA) is 44.8 Å². The number of methoxy groups -OCH3 is 1. The second kappa shape index (κ2) is 9.80. The van der Waals surface area contributed by atoms with E-state index in [0.29, 0.717) is 28.7 Å². The maximum atomic E-state index is 11.6. The van der Waals surface area contributed by atoms with Gasteiger partial charge in [-0.25, -0.2) is 4.79 Å². The van der Waals surface area contributed by atoms with E-state index in [4.69, 9.17) is 25.8 Å². The summed E-state index contributed by atoms with van der Waals surface area (Å²) in [6.45, 7) is 4.01. The molecular weight excluding hydrogens is 388 g/mol. The number of esters is 1. The highest BCUT2D eigenvalue weighted by atomic mass is 35.5. The molecule has 5 heteroatoms. The van der Waals surface area contributed by atoms with Crippen LogP contribution < -0.4 is 9.47 Å². The van der Waals surface area contributed by atoms with Gasteiger partial charge < -0.3 is 14.2 Å². The quantitative estimate of drug-likeness (QED) is 0.267. The van der Waals surface area contributed by atoms with Gasteiger partial charge >= 0.3 is 5.97 Å². The Balaban J connectivity index is 1.80. The smallest absolute Gasteiger partial charge is 0.331 e. The van der Waals surface area contributed by atoms with Crippen molar-refractivity contribution in [3.05, 3.63) is 89.5 Å². The highest BCUT2D eigenvalue weighted by Gasteiger charge is 2.12. The van der Waals surface area contributed by atoms with Crippen LogP contribution in [0.3, 0.4) is 0 Å². The fraction of sp³-hybridized carbons (Fsp3) is 0.125. The largest absolute Gasteiger partial charge is 0.493 e. The van der Waals surface area contributed by atoms with Gasteiger partial charge in [0.1, 0.15) is 13.2 Å². The summed E-state index contributed by atoms with van der Waals surface area (Å²) in [4.78, 5) is 11.6. The minimum absolute atomic E-state index is 0.161. The van der Waals surface area contributed by atoms with Gasteiger partial charge in [0.05, 0.1) is 12.1 Å². The summed E-state index contributed by atoms with van der Waals surface area (Å²) in [5.74, 6) is 0.474. The zero-order valence-electron chi connectivity index (χ0n) is 16.1. The van der Waals surface area contributed by atoms with E-state index in [9.17, 15) is 4.79 Å². The zero-order chi connectivity index (χ0) is 20.6. The van der Waals surface area contributed by atoms with Gasteiger partial charge in [-0.3, -0.25) is 0 Å². The van der Waals surface area contributed by atoms with Crippen LogP contribution in [0.25, 0.3) is 16.8 Å². The molecule has 0 heterocycles. The molecule has 148 valence electrons. The number of halogens is 1. The van der Waals surface area contributed by atoms with Crippen LogP contribution in [-0.4, -0.2) is 19.7 Å². The number of benzene rings is 3. The lowest BCUT2D eigenvalue weighted by Gasteiger charge is -2.14. The van der Waals surface area contributed by atoms with Crippen molar-refractivity contribution in [1.29, 1.82) is 0 Å². The lowest BCUT2D eigenvalue weighted by molar-refractivity contribution is -0.136. The molecule has 0 spiro atoms. The standard InChI is InChI=1S/C24H21ClO4/c1-3-13-28-23(26)12-11-17-14-21(25)24(22(15-17)27-2)29-16-19-9-6-8-18-7-4-5-10-20(18)19/h3-12,14-15H,1,13,16H2,2H3/b12-11+. The van der Waals surface area contributed by atoms with Crippen LogP contribution in [-0.2, 0) is 16.1 Å². The van der Waals surface area contributed by atoms with Crippen LogP contribution in [0.1, 0.15) is 11.1 Å². The Hall–Kier alpha value is -3.24. The van der Waals surface area contributed by atoms with Crippen LogP contribution in [0.2, 0.25) is 5.02 Å². The molecular formula is C24H21ClO4. The Labute approximate surface area is 175 Å². The molecule has 3 aromatic carbocycles. The maximum absolute atomic E-state index is 11.6. The molecule has 0 fully saturated rings. The number of carbonyl (C=O) groups excluding carboxylic acids is 1. The fourth-order valence-electron chi connectivity index (χ4n) is 2.90. The molecule has 0 unspecified atom stereocenters. The molecule has 0 saturated heterocycles. The molecule has 29 heavy (non-hydrogen) atoms. The number of ether oxygens (including phenoxy) is 3. The summed E-state index contributed by atoms with van der Waals surface area (Å²) in [5, 5.41) is 2.67. The van der Waals surface area contributed by atoms with Crippen LogP contribution in [0, 0.1) is 0 Å². The molecule has 0 bridgehead atoms. The molecule has 0 amide bonds. The van der Waals surface area contributed by atoms with Gasteiger partial charge in [-0.15, -0.1) is 0 Å². The highest BCUT2D eigenvalue weighted by Crippen LogP contribution is 2.37. The molecule has 0 aromatic heterocycles. The van der Waals surface area contributed by atoms with Gasteiger partial charge in [0, 0.05) is 6.08 Å². The van der Waals surface area contributed by atoms with Gasteiger partial charge in [-0.1, -0.05) is 66.7 Å². The molecule has 3 aromatic rings. The van der Waals surface area contributed by atoms with Crippen molar-refractivity contribution < 1.29 is 19.0 Å². The minimum Gasteiger partial charge on any atom is -0.493 e. The summed E-state index contributed by atoms with van der Waals surface area (Å²) in [6, 6.07) is 17.7. The molecule has 0 aliphatic rings. The third kappa shape index (κ3) is 5.18. The lowest BCUT2D eigenvalue weighted by atomic mass is 10.1. The van der Waals surface area contributed by atoms with Crippen molar-refractivity contribution in [3.8, 4) is 11.5 Å². The molecule has 0 atom stereocenters. The van der Waals surface area contributed by atoms with Crippen LogP contribution >= 0.6 is 11.6 Å². The van der Waals surface area contributed by atoms with Gasteiger partial charge in [0.15, 0.2) is 11.5 Å². The average molecular weight is 409 g/mol. The summed E-state index contributed by atoms with van der Waals surface area (Å²) >= 11 is 6.43. The molecule has 0 saturated carbocycles. The first-order valence-electron chi connectivity index (χ1n) is 9.05. The normalized spacial score (nSPS) is 10.8. The van der Waals surface area contributed by atoms with E-state index in [-0.39, 0.29) is 6.61 Å². The van der Waals surface area contributed by atoms with E-state index < -0.39 is 5.97 Å². The maximum Gasteiger partial charge on any atom is 0.331 e. The van der Waals surface area contributed by atoms with Crippen molar-refractivity contribution in [1.82, 2.24) is 0 Å². The van der Waals surface area contributed by atoms with E-state index in [1.54, 1.807) is 25.3 Å². The minimum atomic E-state index is -0.462. The third-order valence-electron chi connectivity index (χ3n) is 4.26. The summed E-state index contributed by atoms with van der Waals surface area (Å²) in [7, 11) is 1.54. The van der Waals surface area contributed by atoms with Crippen molar-refractivity contribution in [2.45, 2.75) is 6.61 Å². The Morgan fingerprint density at radius 2 is 1.93 bits per heavy atom. The third-order valence-corrected chi connectivity index (χ3v) is 4.54. The van der Waals surface area contributed by atoms with Crippen LogP contribution in [0.5, 0.6) is 11.5 Å². The Bertz CT molecular complexity index is 1050. The van der Waals surface area contributed by atoms with Crippen molar-refractivity contribution in [2.75, 3.05) is 13.7 Å². The van der Waals surface area contributed by atoms with Gasteiger partial charge in [0.25, 0.3) is 0 Å². The molecule has 0 aliphatic carbocycles. The predicted octanol–water partition coefficient (Wildman–Crippen LogP) is 5.82. The fourth-order valence-corrected chi connectivity index (χ4v) is 3.17. The average Bonchev–Trinajstić information content (AvgIpc) is 2.75. The van der Waals surface area contributed by atoms with Crippen molar-refractivity contribution in [2.24, 2.45) is 0 Å². The number of fused-ring (bicyclic) bond motifs is 1. The van der Waals surface area contributed by atoms with Gasteiger partial charge in [-0.2, -0.15) is 0 Å². The Kier molecular flexibility index (Phi) is 6.93. The van der Waals surface area contributed by atoms with E-state index in [1.807, 2.05) is 24.3 Å². The van der Waals surface area contributed by atoms with Crippen molar-refractivity contribution in [3.63, 3.8) is 0 Å². The first-order chi connectivity index (χ1) is 14.1. The first-order valence-corrected chi connectivity index (χ1v) is 9.43. The first kappa shape index (κ1) is 20.5. The monoisotopic (exact) mass is 408 g/mol. The van der Waals surface area contributed by atoms with Gasteiger partial charge in [0.2, 0.25) is 0 Å². The number of carbonyl (C=O) groups is 1.